The van der Waals surface area contributed by atoms with Crippen LogP contribution in [0, 0.1) is 0 Å². The molecule has 0 aromatic rings. The Kier molecular flexibility index (Phi) is 6.11. The maximum atomic E-state index is 5.49. The molecule has 0 aromatic carbocycles. The molecule has 1 N–H and O–H groups in total. The second-order valence-electron chi connectivity index (χ2n) is 6.33. The van der Waals surface area contributed by atoms with Crippen LogP contribution in [0.25, 0.3) is 0 Å². The Morgan fingerprint density at radius 1 is 1.26 bits per heavy atom. The molecule has 19 heavy (non-hydrogen) atoms. The summed E-state index contributed by atoms with van der Waals surface area (Å²) in [6.45, 7) is 9.84. The van der Waals surface area contributed by atoms with Crippen molar-refractivity contribution < 1.29 is 4.74 Å². The number of hydrogen-bond acceptors (Lipinski definition) is 3. The second kappa shape index (κ2) is 7.61. The summed E-state index contributed by atoms with van der Waals surface area (Å²) in [6.07, 6.45) is 9.40. The zero-order valence-electron chi connectivity index (χ0n) is 12.9. The smallest absolute Gasteiger partial charge is 0.0478 e. The highest BCUT2D eigenvalue weighted by Crippen LogP contribution is 2.33. The highest BCUT2D eigenvalue weighted by Gasteiger charge is 2.40. The Morgan fingerprint density at radius 3 is 2.74 bits per heavy atom. The summed E-state index contributed by atoms with van der Waals surface area (Å²) in [7, 11) is 0. The van der Waals surface area contributed by atoms with E-state index in [0.717, 1.165) is 19.3 Å². The Balaban J connectivity index is 1.84. The molecule has 1 aliphatic carbocycles. The third-order valence-corrected chi connectivity index (χ3v) is 4.86. The van der Waals surface area contributed by atoms with E-state index in [4.69, 9.17) is 4.74 Å². The standard InChI is InChI=1S/C16H32N2O/c1-3-8-15-13-17-16(9-5-6-10-16)14-18(15)11-7-12-19-4-2/h15,17H,3-14H2,1-2H3. The van der Waals surface area contributed by atoms with Crippen molar-refractivity contribution in [3.05, 3.63) is 0 Å². The Labute approximate surface area is 119 Å². The molecule has 2 aliphatic rings. The normalized spacial score (nSPS) is 27.2. The van der Waals surface area contributed by atoms with Crippen molar-refractivity contribution in [2.24, 2.45) is 0 Å². The van der Waals surface area contributed by atoms with Crippen LogP contribution in [0.2, 0.25) is 0 Å². The molecule has 3 nitrogen and oxygen atoms in total. The van der Waals surface area contributed by atoms with Gasteiger partial charge in [0.1, 0.15) is 0 Å². The van der Waals surface area contributed by atoms with Gasteiger partial charge in [0.2, 0.25) is 0 Å². The number of hydrogen-bond donors (Lipinski definition) is 1. The van der Waals surface area contributed by atoms with E-state index in [1.54, 1.807) is 0 Å². The molecule has 1 saturated heterocycles. The molecule has 0 bridgehead atoms. The van der Waals surface area contributed by atoms with Crippen LogP contribution < -0.4 is 5.32 Å². The van der Waals surface area contributed by atoms with Crippen molar-refractivity contribution in [3.63, 3.8) is 0 Å². The zero-order chi connectivity index (χ0) is 13.6. The third kappa shape index (κ3) is 4.17. The van der Waals surface area contributed by atoms with Crippen molar-refractivity contribution in [3.8, 4) is 0 Å². The molecule has 1 saturated carbocycles. The van der Waals surface area contributed by atoms with E-state index in [0.29, 0.717) is 5.54 Å². The Hall–Kier alpha value is -0.120. The Bertz CT molecular complexity index is 251. The SMILES string of the molecule is CCCC1CNC2(CCCC2)CN1CCCOCC. The number of rotatable bonds is 7. The summed E-state index contributed by atoms with van der Waals surface area (Å²) in [6, 6.07) is 0.748. The van der Waals surface area contributed by atoms with E-state index in [1.165, 1.54) is 64.6 Å². The predicted molar refractivity (Wildman–Crippen MR) is 80.6 cm³/mol. The van der Waals surface area contributed by atoms with Gasteiger partial charge in [0.25, 0.3) is 0 Å². The fourth-order valence-electron chi connectivity index (χ4n) is 3.82. The lowest BCUT2D eigenvalue weighted by Gasteiger charge is -2.46. The molecular weight excluding hydrogens is 236 g/mol. The van der Waals surface area contributed by atoms with E-state index in [-0.39, 0.29) is 0 Å². The minimum Gasteiger partial charge on any atom is -0.382 e. The number of nitrogens with zero attached hydrogens (tertiary/aromatic N) is 1. The van der Waals surface area contributed by atoms with Crippen LogP contribution in [0.4, 0.5) is 0 Å². The first-order valence-corrected chi connectivity index (χ1v) is 8.36. The fraction of sp³-hybridized carbons (Fsp3) is 1.00. The zero-order valence-corrected chi connectivity index (χ0v) is 12.9. The molecule has 2 rings (SSSR count). The highest BCUT2D eigenvalue weighted by atomic mass is 16.5. The molecule has 1 heterocycles. The fourth-order valence-corrected chi connectivity index (χ4v) is 3.82. The number of ether oxygens (including phenoxy) is 1. The van der Waals surface area contributed by atoms with Crippen molar-refractivity contribution in [1.82, 2.24) is 10.2 Å². The van der Waals surface area contributed by atoms with Crippen LogP contribution in [0.15, 0.2) is 0 Å². The maximum Gasteiger partial charge on any atom is 0.0478 e. The average molecular weight is 268 g/mol. The molecule has 0 amide bonds. The third-order valence-electron chi connectivity index (χ3n) is 4.86. The first-order valence-electron chi connectivity index (χ1n) is 8.36. The van der Waals surface area contributed by atoms with E-state index in [1.807, 2.05) is 0 Å². The summed E-state index contributed by atoms with van der Waals surface area (Å²) >= 11 is 0. The first kappa shape index (κ1) is 15.3. The maximum absolute atomic E-state index is 5.49. The molecule has 3 heteroatoms. The molecule has 0 radical (unpaired) electrons. The van der Waals surface area contributed by atoms with Crippen LogP contribution in [0.1, 0.15) is 58.8 Å². The molecule has 1 unspecified atom stereocenters. The number of piperazine rings is 1. The first-order chi connectivity index (χ1) is 9.29. The minimum atomic E-state index is 0.454. The lowest BCUT2D eigenvalue weighted by molar-refractivity contribution is 0.0615. The van der Waals surface area contributed by atoms with Crippen LogP contribution in [-0.4, -0.2) is 49.3 Å². The van der Waals surface area contributed by atoms with Gasteiger partial charge in [0.15, 0.2) is 0 Å². The predicted octanol–water partition coefficient (Wildman–Crippen LogP) is 2.80. The van der Waals surface area contributed by atoms with Gasteiger partial charge in [0, 0.05) is 44.4 Å². The van der Waals surface area contributed by atoms with E-state index in [2.05, 4.69) is 24.1 Å². The average Bonchev–Trinajstić information content (AvgIpc) is 2.86. The Morgan fingerprint density at radius 2 is 2.05 bits per heavy atom. The summed E-state index contributed by atoms with van der Waals surface area (Å²) < 4.78 is 5.49. The van der Waals surface area contributed by atoms with Gasteiger partial charge in [-0.1, -0.05) is 26.2 Å². The highest BCUT2D eigenvalue weighted by molar-refractivity contribution is 5.00. The van der Waals surface area contributed by atoms with Gasteiger partial charge < -0.3 is 10.1 Å². The van der Waals surface area contributed by atoms with E-state index in [9.17, 15) is 0 Å². The topological polar surface area (TPSA) is 24.5 Å². The lowest BCUT2D eigenvalue weighted by Crippen LogP contribution is -2.63. The molecule has 1 atom stereocenters. The van der Waals surface area contributed by atoms with Crippen molar-refractivity contribution in [2.75, 3.05) is 32.8 Å². The van der Waals surface area contributed by atoms with Crippen LogP contribution >= 0.6 is 0 Å². The van der Waals surface area contributed by atoms with Gasteiger partial charge in [-0.3, -0.25) is 4.90 Å². The quantitative estimate of drug-likeness (QED) is 0.719. The molecule has 2 fully saturated rings. The van der Waals surface area contributed by atoms with Crippen molar-refractivity contribution in [1.29, 1.82) is 0 Å². The van der Waals surface area contributed by atoms with Crippen LogP contribution in [-0.2, 0) is 4.74 Å². The molecule has 1 spiro atoms. The molecule has 112 valence electrons. The van der Waals surface area contributed by atoms with Gasteiger partial charge in [-0.15, -0.1) is 0 Å². The van der Waals surface area contributed by atoms with Gasteiger partial charge in [-0.05, 0) is 32.6 Å². The monoisotopic (exact) mass is 268 g/mol. The summed E-state index contributed by atoms with van der Waals surface area (Å²) in [5, 5.41) is 3.89. The van der Waals surface area contributed by atoms with Crippen molar-refractivity contribution in [2.45, 2.75) is 70.4 Å². The van der Waals surface area contributed by atoms with Gasteiger partial charge in [0.05, 0.1) is 0 Å². The van der Waals surface area contributed by atoms with Gasteiger partial charge in [-0.2, -0.15) is 0 Å². The minimum absolute atomic E-state index is 0.454. The molecule has 0 aromatic heterocycles. The second-order valence-corrected chi connectivity index (χ2v) is 6.33. The van der Waals surface area contributed by atoms with Crippen LogP contribution in [0.3, 0.4) is 0 Å². The summed E-state index contributed by atoms with van der Waals surface area (Å²) in [5.41, 5.74) is 0.454. The number of nitrogens with one attached hydrogen (secondary N) is 1. The van der Waals surface area contributed by atoms with Crippen LogP contribution in [0.5, 0.6) is 0 Å². The lowest BCUT2D eigenvalue weighted by atomic mass is 9.91. The van der Waals surface area contributed by atoms with Gasteiger partial charge >= 0.3 is 0 Å². The van der Waals surface area contributed by atoms with Crippen molar-refractivity contribution >= 4 is 0 Å². The van der Waals surface area contributed by atoms with Gasteiger partial charge in [-0.25, -0.2) is 0 Å². The summed E-state index contributed by atoms with van der Waals surface area (Å²) in [4.78, 5) is 2.75. The molecular formula is C16H32N2O. The largest absolute Gasteiger partial charge is 0.382 e. The summed E-state index contributed by atoms with van der Waals surface area (Å²) in [5.74, 6) is 0. The van der Waals surface area contributed by atoms with E-state index < -0.39 is 0 Å². The molecule has 1 aliphatic heterocycles. The van der Waals surface area contributed by atoms with E-state index >= 15 is 0 Å².